The number of carbonyl (C=O) groups is 1. The number of nitrogens with zero attached hydrogens (tertiary/aromatic N) is 1. The molecule has 3 rings (SSSR count). The Hall–Kier alpha value is -2.14. The summed E-state index contributed by atoms with van der Waals surface area (Å²) in [6.07, 6.45) is 3.14. The lowest BCUT2D eigenvalue weighted by Crippen LogP contribution is -2.53. The SMILES string of the molecule is Cc1nc(CCC(=O)NC(C)(CN)C2CC2)oc1-c1ccccc1. The molecular weight excluding hydrogens is 302 g/mol. The molecule has 0 bridgehead atoms. The largest absolute Gasteiger partial charge is 0.440 e. The first-order chi connectivity index (χ1) is 11.5. The number of nitrogens with one attached hydrogen (secondary N) is 1. The van der Waals surface area contributed by atoms with Crippen molar-refractivity contribution in [3.8, 4) is 11.3 Å². The van der Waals surface area contributed by atoms with E-state index in [1.165, 1.54) is 0 Å². The molecule has 1 saturated carbocycles. The van der Waals surface area contributed by atoms with Crippen LogP contribution >= 0.6 is 0 Å². The van der Waals surface area contributed by atoms with Crippen LogP contribution in [0.1, 0.15) is 37.8 Å². The molecule has 0 aliphatic heterocycles. The van der Waals surface area contributed by atoms with Crippen molar-refractivity contribution in [3.63, 3.8) is 0 Å². The Kier molecular flexibility index (Phi) is 4.71. The fourth-order valence-electron chi connectivity index (χ4n) is 3.06. The predicted molar refractivity (Wildman–Crippen MR) is 93.3 cm³/mol. The predicted octanol–water partition coefficient (Wildman–Crippen LogP) is 2.83. The Bertz CT molecular complexity index is 707. The molecule has 24 heavy (non-hydrogen) atoms. The molecule has 1 aliphatic rings. The first-order valence-electron chi connectivity index (χ1n) is 8.54. The maximum absolute atomic E-state index is 12.2. The summed E-state index contributed by atoms with van der Waals surface area (Å²) in [5, 5.41) is 3.09. The molecule has 1 heterocycles. The van der Waals surface area contributed by atoms with E-state index in [9.17, 15) is 4.79 Å². The van der Waals surface area contributed by atoms with E-state index >= 15 is 0 Å². The summed E-state index contributed by atoms with van der Waals surface area (Å²) >= 11 is 0. The van der Waals surface area contributed by atoms with Crippen molar-refractivity contribution in [3.05, 3.63) is 41.9 Å². The van der Waals surface area contributed by atoms with Gasteiger partial charge >= 0.3 is 0 Å². The number of oxazole rings is 1. The summed E-state index contributed by atoms with van der Waals surface area (Å²) in [6.45, 7) is 4.43. The fraction of sp³-hybridized carbons (Fsp3) is 0.474. The van der Waals surface area contributed by atoms with Crippen LogP contribution in [0.4, 0.5) is 0 Å². The van der Waals surface area contributed by atoms with Crippen molar-refractivity contribution in [1.29, 1.82) is 0 Å². The Morgan fingerprint density at radius 1 is 1.38 bits per heavy atom. The summed E-state index contributed by atoms with van der Waals surface area (Å²) in [5.41, 5.74) is 7.42. The Morgan fingerprint density at radius 2 is 2.08 bits per heavy atom. The van der Waals surface area contributed by atoms with Crippen LogP contribution in [0.15, 0.2) is 34.7 Å². The second-order valence-corrected chi connectivity index (χ2v) is 6.83. The lowest BCUT2D eigenvalue weighted by molar-refractivity contribution is -0.123. The van der Waals surface area contributed by atoms with E-state index in [0.29, 0.717) is 31.2 Å². The van der Waals surface area contributed by atoms with Crippen LogP contribution in [0.2, 0.25) is 0 Å². The van der Waals surface area contributed by atoms with Crippen molar-refractivity contribution in [2.24, 2.45) is 11.7 Å². The van der Waals surface area contributed by atoms with Gasteiger partial charge in [-0.1, -0.05) is 30.3 Å². The third-order valence-electron chi connectivity index (χ3n) is 4.77. The average molecular weight is 327 g/mol. The molecule has 0 radical (unpaired) electrons. The molecule has 2 aromatic rings. The summed E-state index contributed by atoms with van der Waals surface area (Å²) in [5.74, 6) is 1.89. The van der Waals surface area contributed by atoms with Gasteiger partial charge in [0.1, 0.15) is 0 Å². The fourth-order valence-corrected chi connectivity index (χ4v) is 3.06. The number of benzene rings is 1. The molecule has 0 spiro atoms. The molecule has 5 nitrogen and oxygen atoms in total. The van der Waals surface area contributed by atoms with Crippen molar-refractivity contribution in [2.45, 2.75) is 45.1 Å². The minimum Gasteiger partial charge on any atom is -0.440 e. The van der Waals surface area contributed by atoms with Gasteiger partial charge in [0.15, 0.2) is 11.7 Å². The molecular formula is C19H25N3O2. The number of carbonyl (C=O) groups excluding carboxylic acids is 1. The maximum Gasteiger partial charge on any atom is 0.220 e. The van der Waals surface area contributed by atoms with E-state index in [2.05, 4.69) is 10.3 Å². The smallest absolute Gasteiger partial charge is 0.220 e. The van der Waals surface area contributed by atoms with Crippen LogP contribution in [0, 0.1) is 12.8 Å². The van der Waals surface area contributed by atoms with Crippen LogP contribution in [0.5, 0.6) is 0 Å². The van der Waals surface area contributed by atoms with Gasteiger partial charge < -0.3 is 15.5 Å². The normalized spacial score (nSPS) is 16.6. The molecule has 1 aromatic carbocycles. The zero-order valence-corrected chi connectivity index (χ0v) is 14.3. The number of aryl methyl sites for hydroxylation is 2. The van der Waals surface area contributed by atoms with E-state index in [4.69, 9.17) is 10.2 Å². The zero-order chi connectivity index (χ0) is 17.2. The summed E-state index contributed by atoms with van der Waals surface area (Å²) in [6, 6.07) is 9.89. The van der Waals surface area contributed by atoms with Gasteiger partial charge in [0.2, 0.25) is 5.91 Å². The first kappa shape index (κ1) is 16.7. The van der Waals surface area contributed by atoms with Crippen LogP contribution in [0.25, 0.3) is 11.3 Å². The third-order valence-corrected chi connectivity index (χ3v) is 4.77. The molecule has 3 N–H and O–H groups in total. The van der Waals surface area contributed by atoms with Gasteiger partial charge in [0, 0.05) is 24.9 Å². The lowest BCUT2D eigenvalue weighted by Gasteiger charge is -2.29. The molecule has 128 valence electrons. The molecule has 1 amide bonds. The Morgan fingerprint density at radius 3 is 2.71 bits per heavy atom. The summed E-state index contributed by atoms with van der Waals surface area (Å²) < 4.78 is 5.85. The van der Waals surface area contributed by atoms with Crippen LogP contribution in [-0.4, -0.2) is 23.0 Å². The van der Waals surface area contributed by atoms with Gasteiger partial charge in [-0.2, -0.15) is 0 Å². The topological polar surface area (TPSA) is 81.2 Å². The summed E-state index contributed by atoms with van der Waals surface area (Å²) in [4.78, 5) is 16.7. The Balaban J connectivity index is 1.60. The average Bonchev–Trinajstić information content (AvgIpc) is 3.38. The standard InChI is InChI=1S/C19H25N3O2/c1-13-18(14-6-4-3-5-7-14)24-17(21-13)11-10-16(23)22-19(2,12-20)15-8-9-15/h3-7,15H,8-12,20H2,1-2H3,(H,22,23). The maximum atomic E-state index is 12.2. The summed E-state index contributed by atoms with van der Waals surface area (Å²) in [7, 11) is 0. The zero-order valence-electron chi connectivity index (χ0n) is 14.3. The van der Waals surface area contributed by atoms with E-state index < -0.39 is 0 Å². The van der Waals surface area contributed by atoms with E-state index in [-0.39, 0.29) is 11.4 Å². The highest BCUT2D eigenvalue weighted by Crippen LogP contribution is 2.39. The highest BCUT2D eigenvalue weighted by atomic mass is 16.4. The van der Waals surface area contributed by atoms with Gasteiger partial charge in [-0.05, 0) is 32.6 Å². The van der Waals surface area contributed by atoms with Crippen LogP contribution in [0.3, 0.4) is 0 Å². The minimum atomic E-state index is -0.279. The molecule has 1 aromatic heterocycles. The number of aromatic nitrogens is 1. The molecule has 5 heteroatoms. The molecule has 1 unspecified atom stereocenters. The van der Waals surface area contributed by atoms with Crippen molar-refractivity contribution in [2.75, 3.05) is 6.54 Å². The van der Waals surface area contributed by atoms with E-state index in [0.717, 1.165) is 29.9 Å². The van der Waals surface area contributed by atoms with Gasteiger partial charge in [-0.3, -0.25) is 4.79 Å². The number of hydrogen-bond acceptors (Lipinski definition) is 4. The number of nitrogens with two attached hydrogens (primary N) is 1. The van der Waals surface area contributed by atoms with Crippen molar-refractivity contribution in [1.82, 2.24) is 10.3 Å². The second kappa shape index (κ2) is 6.77. The minimum absolute atomic E-state index is 0.00645. The van der Waals surface area contributed by atoms with Gasteiger partial charge in [0.05, 0.1) is 11.2 Å². The molecule has 1 atom stereocenters. The number of rotatable bonds is 7. The molecule has 1 aliphatic carbocycles. The number of amides is 1. The lowest BCUT2D eigenvalue weighted by atomic mass is 9.95. The quantitative estimate of drug-likeness (QED) is 0.819. The highest BCUT2D eigenvalue weighted by Gasteiger charge is 2.41. The van der Waals surface area contributed by atoms with Gasteiger partial charge in [-0.25, -0.2) is 4.98 Å². The van der Waals surface area contributed by atoms with Gasteiger partial charge in [0.25, 0.3) is 0 Å². The van der Waals surface area contributed by atoms with Crippen LogP contribution < -0.4 is 11.1 Å². The Labute approximate surface area is 142 Å². The van der Waals surface area contributed by atoms with E-state index in [1.54, 1.807) is 0 Å². The highest BCUT2D eigenvalue weighted by molar-refractivity contribution is 5.77. The third kappa shape index (κ3) is 3.67. The number of hydrogen-bond donors (Lipinski definition) is 2. The second-order valence-electron chi connectivity index (χ2n) is 6.83. The molecule has 1 fully saturated rings. The van der Waals surface area contributed by atoms with Crippen LogP contribution in [-0.2, 0) is 11.2 Å². The first-order valence-corrected chi connectivity index (χ1v) is 8.54. The van der Waals surface area contributed by atoms with E-state index in [1.807, 2.05) is 44.2 Å². The van der Waals surface area contributed by atoms with Gasteiger partial charge in [-0.15, -0.1) is 0 Å². The monoisotopic (exact) mass is 327 g/mol. The van der Waals surface area contributed by atoms with Crippen molar-refractivity contribution < 1.29 is 9.21 Å². The molecule has 0 saturated heterocycles. The van der Waals surface area contributed by atoms with Crippen molar-refractivity contribution >= 4 is 5.91 Å².